The summed E-state index contributed by atoms with van der Waals surface area (Å²) in [4.78, 5) is 15.4. The Morgan fingerprint density at radius 3 is 2.80 bits per heavy atom. The first-order valence-electron chi connectivity index (χ1n) is 6.38. The number of benzene rings is 1. The van der Waals surface area contributed by atoms with Crippen LogP contribution in [0.5, 0.6) is 5.75 Å². The lowest BCUT2D eigenvalue weighted by molar-refractivity contribution is 0.0696. The van der Waals surface area contributed by atoms with E-state index in [1.165, 1.54) is 0 Å². The second-order valence-electron chi connectivity index (χ2n) is 4.91. The Hall–Kier alpha value is -1.88. The van der Waals surface area contributed by atoms with Crippen molar-refractivity contribution in [2.24, 2.45) is 0 Å². The van der Waals surface area contributed by atoms with E-state index in [1.54, 1.807) is 29.5 Å². The Morgan fingerprint density at radius 1 is 1.45 bits per heavy atom. The molecule has 1 aromatic heterocycles. The normalized spacial score (nSPS) is 10.8. The molecule has 1 aromatic carbocycles. The molecule has 2 aromatic rings. The summed E-state index contributed by atoms with van der Waals surface area (Å²) in [6.45, 7) is 6.45. The maximum absolute atomic E-state index is 11.0. The molecule has 1 heterocycles. The molecule has 0 aliphatic carbocycles. The summed E-state index contributed by atoms with van der Waals surface area (Å²) in [6.07, 6.45) is 0. The minimum Gasteiger partial charge on any atom is -0.487 e. The molecule has 2 rings (SSSR count). The van der Waals surface area contributed by atoms with Crippen molar-refractivity contribution in [3.05, 3.63) is 45.4 Å². The van der Waals surface area contributed by atoms with Crippen LogP contribution in [0.4, 0.5) is 0 Å². The van der Waals surface area contributed by atoms with Gasteiger partial charge in [-0.05, 0) is 24.6 Å². The van der Waals surface area contributed by atoms with Crippen LogP contribution in [-0.4, -0.2) is 16.1 Å². The molecule has 0 amide bonds. The molecule has 0 aliphatic rings. The van der Waals surface area contributed by atoms with E-state index in [0.29, 0.717) is 18.3 Å². The number of hydrogen-bond acceptors (Lipinski definition) is 4. The number of ether oxygens (including phenoxy) is 1. The number of hydrogen-bond donors (Lipinski definition) is 1. The van der Waals surface area contributed by atoms with Gasteiger partial charge in [-0.3, -0.25) is 0 Å². The lowest BCUT2D eigenvalue weighted by Gasteiger charge is -2.08. The van der Waals surface area contributed by atoms with E-state index in [4.69, 9.17) is 9.84 Å². The van der Waals surface area contributed by atoms with E-state index >= 15 is 0 Å². The van der Waals surface area contributed by atoms with E-state index in [9.17, 15) is 4.79 Å². The molecule has 0 radical (unpaired) electrons. The van der Waals surface area contributed by atoms with Gasteiger partial charge in [-0.2, -0.15) is 0 Å². The van der Waals surface area contributed by atoms with Crippen LogP contribution < -0.4 is 4.74 Å². The van der Waals surface area contributed by atoms with Gasteiger partial charge in [0.1, 0.15) is 12.4 Å². The molecule has 4 nitrogen and oxygen atoms in total. The lowest BCUT2D eigenvalue weighted by Crippen LogP contribution is -2.01. The number of thiazole rings is 1. The molecule has 0 saturated heterocycles. The number of nitrogens with zero attached hydrogens (tertiary/aromatic N) is 1. The van der Waals surface area contributed by atoms with Crippen molar-refractivity contribution in [2.45, 2.75) is 33.3 Å². The minimum absolute atomic E-state index is 0.228. The quantitative estimate of drug-likeness (QED) is 0.909. The lowest BCUT2D eigenvalue weighted by atomic mass is 10.1. The summed E-state index contributed by atoms with van der Waals surface area (Å²) in [5.74, 6) is 0.0421. The molecule has 106 valence electrons. The summed E-state index contributed by atoms with van der Waals surface area (Å²) >= 11 is 1.62. The number of rotatable bonds is 5. The Morgan fingerprint density at radius 2 is 2.20 bits per heavy atom. The minimum atomic E-state index is -0.953. The van der Waals surface area contributed by atoms with Crippen molar-refractivity contribution in [3.63, 3.8) is 0 Å². The smallest absolute Gasteiger partial charge is 0.335 e. The Balaban J connectivity index is 2.09. The first-order valence-corrected chi connectivity index (χ1v) is 7.26. The van der Waals surface area contributed by atoms with Crippen LogP contribution in [-0.2, 0) is 6.61 Å². The SMILES string of the molecule is Cc1ccc(C(=O)O)cc1OCc1csc(C(C)C)n1. The van der Waals surface area contributed by atoms with Crippen molar-refractivity contribution in [2.75, 3.05) is 0 Å². The fourth-order valence-corrected chi connectivity index (χ4v) is 2.51. The van der Waals surface area contributed by atoms with Crippen LogP contribution in [0.25, 0.3) is 0 Å². The Labute approximate surface area is 122 Å². The van der Waals surface area contributed by atoms with Crippen LogP contribution in [0.15, 0.2) is 23.6 Å². The number of carbonyl (C=O) groups is 1. The third kappa shape index (κ3) is 3.36. The number of aromatic nitrogens is 1. The maximum atomic E-state index is 11.0. The first-order chi connectivity index (χ1) is 9.47. The predicted molar refractivity (Wildman–Crippen MR) is 78.7 cm³/mol. The molecule has 0 spiro atoms. The van der Waals surface area contributed by atoms with Crippen LogP contribution in [0, 0.1) is 6.92 Å². The highest BCUT2D eigenvalue weighted by atomic mass is 32.1. The predicted octanol–water partition coefficient (Wildman–Crippen LogP) is 3.85. The van der Waals surface area contributed by atoms with E-state index in [-0.39, 0.29) is 5.56 Å². The summed E-state index contributed by atoms with van der Waals surface area (Å²) in [7, 11) is 0. The number of carboxylic acid groups (broad SMARTS) is 1. The van der Waals surface area contributed by atoms with Crippen molar-refractivity contribution < 1.29 is 14.6 Å². The molecule has 0 unspecified atom stereocenters. The van der Waals surface area contributed by atoms with E-state index in [1.807, 2.05) is 12.3 Å². The fraction of sp³-hybridized carbons (Fsp3) is 0.333. The first kappa shape index (κ1) is 14.5. The van der Waals surface area contributed by atoms with Gasteiger partial charge in [0.15, 0.2) is 0 Å². The highest BCUT2D eigenvalue weighted by Crippen LogP contribution is 2.23. The van der Waals surface area contributed by atoms with Crippen LogP contribution in [0.3, 0.4) is 0 Å². The standard InChI is InChI=1S/C15H17NO3S/c1-9(2)14-16-12(8-20-14)7-19-13-6-11(15(17)18)5-4-10(13)3/h4-6,8-9H,7H2,1-3H3,(H,17,18). The van der Waals surface area contributed by atoms with Crippen LogP contribution >= 0.6 is 11.3 Å². The third-order valence-corrected chi connectivity index (χ3v) is 4.07. The molecule has 0 bridgehead atoms. The molecule has 20 heavy (non-hydrogen) atoms. The average molecular weight is 291 g/mol. The second kappa shape index (κ2) is 6.05. The molecule has 0 saturated carbocycles. The van der Waals surface area contributed by atoms with Crippen molar-refractivity contribution in [1.82, 2.24) is 4.98 Å². The van der Waals surface area contributed by atoms with Gasteiger partial charge in [0.05, 0.1) is 16.3 Å². The Kier molecular flexibility index (Phi) is 4.39. The van der Waals surface area contributed by atoms with Crippen molar-refractivity contribution in [3.8, 4) is 5.75 Å². The van der Waals surface area contributed by atoms with Crippen LogP contribution in [0.1, 0.15) is 46.4 Å². The van der Waals surface area contributed by atoms with Gasteiger partial charge >= 0.3 is 5.97 Å². The zero-order chi connectivity index (χ0) is 14.7. The van der Waals surface area contributed by atoms with Gasteiger partial charge < -0.3 is 9.84 Å². The van der Waals surface area contributed by atoms with Gasteiger partial charge in [-0.25, -0.2) is 9.78 Å². The zero-order valence-electron chi connectivity index (χ0n) is 11.7. The van der Waals surface area contributed by atoms with Gasteiger partial charge in [-0.15, -0.1) is 11.3 Å². The molecular weight excluding hydrogens is 274 g/mol. The molecular formula is C15H17NO3S. The summed E-state index contributed by atoms with van der Waals surface area (Å²) in [6, 6.07) is 4.87. The third-order valence-electron chi connectivity index (χ3n) is 2.87. The number of aromatic carboxylic acids is 1. The van der Waals surface area contributed by atoms with E-state index in [0.717, 1.165) is 16.3 Å². The second-order valence-corrected chi connectivity index (χ2v) is 5.80. The summed E-state index contributed by atoms with van der Waals surface area (Å²) < 4.78 is 5.69. The van der Waals surface area contributed by atoms with Gasteiger partial charge in [0.25, 0.3) is 0 Å². The average Bonchev–Trinajstić information content (AvgIpc) is 2.86. The number of carboxylic acids is 1. The molecule has 1 N–H and O–H groups in total. The molecule has 0 fully saturated rings. The van der Waals surface area contributed by atoms with Gasteiger partial charge in [0.2, 0.25) is 0 Å². The van der Waals surface area contributed by atoms with Crippen molar-refractivity contribution in [1.29, 1.82) is 0 Å². The van der Waals surface area contributed by atoms with Crippen LogP contribution in [0.2, 0.25) is 0 Å². The van der Waals surface area contributed by atoms with Gasteiger partial charge in [-0.1, -0.05) is 19.9 Å². The number of aryl methyl sites for hydroxylation is 1. The zero-order valence-corrected chi connectivity index (χ0v) is 12.5. The molecule has 5 heteroatoms. The molecule has 0 atom stereocenters. The fourth-order valence-electron chi connectivity index (χ4n) is 1.69. The topological polar surface area (TPSA) is 59.4 Å². The maximum Gasteiger partial charge on any atom is 0.335 e. The van der Waals surface area contributed by atoms with E-state index in [2.05, 4.69) is 18.8 Å². The Bertz CT molecular complexity index is 619. The van der Waals surface area contributed by atoms with Crippen molar-refractivity contribution >= 4 is 17.3 Å². The monoisotopic (exact) mass is 291 g/mol. The summed E-state index contributed by atoms with van der Waals surface area (Å²) in [5, 5.41) is 12.0. The highest BCUT2D eigenvalue weighted by Gasteiger charge is 2.09. The summed E-state index contributed by atoms with van der Waals surface area (Å²) in [5.41, 5.74) is 2.01. The molecule has 0 aliphatic heterocycles. The van der Waals surface area contributed by atoms with Gasteiger partial charge in [0, 0.05) is 11.3 Å². The largest absolute Gasteiger partial charge is 0.487 e. The van der Waals surface area contributed by atoms with E-state index < -0.39 is 5.97 Å². The highest BCUT2D eigenvalue weighted by molar-refractivity contribution is 7.09.